The fraction of sp³-hybridized carbons (Fsp3) is 0.625. The molecule has 2 fully saturated rings. The van der Waals surface area contributed by atoms with Crippen molar-refractivity contribution in [2.24, 2.45) is 0 Å². The van der Waals surface area contributed by atoms with Crippen LogP contribution >= 0.6 is 0 Å². The SMILES string of the molecule is Cc1ccc(C#N)c(N2CCC(N(C)S(=O)(=O)C3CC3)CC2)n1. The van der Waals surface area contributed by atoms with Crippen LogP contribution in [0.5, 0.6) is 0 Å². The van der Waals surface area contributed by atoms with E-state index >= 15 is 0 Å². The Labute approximate surface area is 137 Å². The van der Waals surface area contributed by atoms with E-state index in [1.165, 1.54) is 0 Å². The van der Waals surface area contributed by atoms with E-state index in [-0.39, 0.29) is 11.3 Å². The summed E-state index contributed by atoms with van der Waals surface area (Å²) in [5.41, 5.74) is 1.46. The first kappa shape index (κ1) is 16.2. The highest BCUT2D eigenvalue weighted by atomic mass is 32.2. The summed E-state index contributed by atoms with van der Waals surface area (Å²) in [5.74, 6) is 0.721. The van der Waals surface area contributed by atoms with E-state index in [4.69, 9.17) is 0 Å². The average Bonchev–Trinajstić information content (AvgIpc) is 3.39. The van der Waals surface area contributed by atoms with Gasteiger partial charge in [0.2, 0.25) is 10.0 Å². The lowest BCUT2D eigenvalue weighted by Crippen LogP contribution is -2.46. The van der Waals surface area contributed by atoms with E-state index in [0.717, 1.165) is 50.3 Å². The van der Waals surface area contributed by atoms with Crippen molar-refractivity contribution in [3.05, 3.63) is 23.4 Å². The Morgan fingerprint density at radius 1 is 1.26 bits per heavy atom. The molecule has 0 unspecified atom stereocenters. The maximum atomic E-state index is 12.3. The van der Waals surface area contributed by atoms with Crippen molar-refractivity contribution in [2.75, 3.05) is 25.0 Å². The Bertz CT molecular complexity index is 729. The summed E-state index contributed by atoms with van der Waals surface area (Å²) < 4.78 is 26.3. The largest absolute Gasteiger partial charge is 0.355 e. The van der Waals surface area contributed by atoms with Gasteiger partial charge in [0.1, 0.15) is 11.9 Å². The van der Waals surface area contributed by atoms with Gasteiger partial charge in [-0.1, -0.05) is 0 Å². The lowest BCUT2D eigenvalue weighted by atomic mass is 10.0. The summed E-state index contributed by atoms with van der Waals surface area (Å²) in [6.45, 7) is 3.36. The summed E-state index contributed by atoms with van der Waals surface area (Å²) in [5, 5.41) is 9.09. The van der Waals surface area contributed by atoms with E-state index in [1.807, 2.05) is 13.0 Å². The van der Waals surface area contributed by atoms with Crippen molar-refractivity contribution >= 4 is 15.8 Å². The van der Waals surface area contributed by atoms with E-state index in [9.17, 15) is 13.7 Å². The average molecular weight is 334 g/mol. The predicted molar refractivity (Wildman–Crippen MR) is 88.6 cm³/mol. The molecule has 1 saturated carbocycles. The number of nitriles is 1. The number of aryl methyl sites for hydroxylation is 1. The Morgan fingerprint density at radius 2 is 1.91 bits per heavy atom. The molecule has 0 atom stereocenters. The number of anilines is 1. The van der Waals surface area contributed by atoms with Crippen LogP contribution < -0.4 is 4.90 Å². The molecule has 0 radical (unpaired) electrons. The molecule has 23 heavy (non-hydrogen) atoms. The summed E-state index contributed by atoms with van der Waals surface area (Å²) in [7, 11) is -1.41. The van der Waals surface area contributed by atoms with E-state index < -0.39 is 10.0 Å². The Hall–Kier alpha value is -1.65. The normalized spacial score (nSPS) is 19.8. The van der Waals surface area contributed by atoms with Crippen LogP contribution in [-0.2, 0) is 10.0 Å². The maximum Gasteiger partial charge on any atom is 0.216 e. The van der Waals surface area contributed by atoms with Crippen molar-refractivity contribution in [1.29, 1.82) is 5.26 Å². The van der Waals surface area contributed by atoms with Gasteiger partial charge in [0.25, 0.3) is 0 Å². The number of rotatable bonds is 4. The van der Waals surface area contributed by atoms with Crippen LogP contribution in [0.1, 0.15) is 36.9 Å². The molecule has 3 rings (SSSR count). The van der Waals surface area contributed by atoms with Crippen LogP contribution in [-0.4, -0.2) is 49.1 Å². The quantitative estimate of drug-likeness (QED) is 0.837. The first-order valence-electron chi connectivity index (χ1n) is 8.03. The molecule has 1 aliphatic carbocycles. The van der Waals surface area contributed by atoms with Gasteiger partial charge in [0.15, 0.2) is 0 Å². The second-order valence-corrected chi connectivity index (χ2v) is 8.69. The highest BCUT2D eigenvalue weighted by molar-refractivity contribution is 7.90. The summed E-state index contributed by atoms with van der Waals surface area (Å²) in [4.78, 5) is 6.59. The first-order chi connectivity index (χ1) is 10.9. The molecule has 1 aromatic heterocycles. The minimum absolute atomic E-state index is 0.0483. The zero-order valence-electron chi connectivity index (χ0n) is 13.6. The number of hydrogen-bond donors (Lipinski definition) is 0. The molecule has 1 aliphatic heterocycles. The Morgan fingerprint density at radius 3 is 2.48 bits per heavy atom. The Balaban J connectivity index is 1.69. The monoisotopic (exact) mass is 334 g/mol. The number of nitrogens with zero attached hydrogens (tertiary/aromatic N) is 4. The molecular weight excluding hydrogens is 312 g/mol. The molecule has 1 saturated heterocycles. The third-order valence-corrected chi connectivity index (χ3v) is 7.17. The van der Waals surface area contributed by atoms with Crippen molar-refractivity contribution in [2.45, 2.75) is 43.9 Å². The lowest BCUT2D eigenvalue weighted by molar-refractivity contribution is 0.311. The van der Waals surface area contributed by atoms with Crippen LogP contribution in [0.15, 0.2) is 12.1 Å². The fourth-order valence-corrected chi connectivity index (χ4v) is 4.95. The third-order valence-electron chi connectivity index (χ3n) is 4.76. The van der Waals surface area contributed by atoms with E-state index in [1.54, 1.807) is 17.4 Å². The summed E-state index contributed by atoms with van der Waals surface area (Å²) >= 11 is 0. The van der Waals surface area contributed by atoms with Crippen LogP contribution in [0, 0.1) is 18.3 Å². The molecule has 6 nitrogen and oxygen atoms in total. The number of aromatic nitrogens is 1. The number of piperidine rings is 1. The number of pyridine rings is 1. The number of hydrogen-bond acceptors (Lipinski definition) is 5. The number of sulfonamides is 1. The van der Waals surface area contributed by atoms with Crippen LogP contribution in [0.3, 0.4) is 0 Å². The van der Waals surface area contributed by atoms with Gasteiger partial charge in [-0.3, -0.25) is 0 Å². The second kappa shape index (κ2) is 6.10. The molecule has 2 heterocycles. The molecule has 0 spiro atoms. The molecule has 7 heteroatoms. The second-order valence-electron chi connectivity index (χ2n) is 6.41. The molecule has 124 valence electrons. The minimum Gasteiger partial charge on any atom is -0.355 e. The zero-order chi connectivity index (χ0) is 16.6. The van der Waals surface area contributed by atoms with E-state index in [2.05, 4.69) is 16.0 Å². The maximum absolute atomic E-state index is 12.3. The molecular formula is C16H22N4O2S. The fourth-order valence-electron chi connectivity index (χ4n) is 3.12. The highest BCUT2D eigenvalue weighted by Gasteiger charge is 2.41. The van der Waals surface area contributed by atoms with Gasteiger partial charge in [-0.15, -0.1) is 0 Å². The zero-order valence-corrected chi connectivity index (χ0v) is 14.4. The van der Waals surface area contributed by atoms with Crippen molar-refractivity contribution in [3.8, 4) is 6.07 Å². The molecule has 1 aromatic rings. The highest BCUT2D eigenvalue weighted by Crippen LogP contribution is 2.33. The predicted octanol–water partition coefficient (Wildman–Crippen LogP) is 1.65. The van der Waals surface area contributed by atoms with Crippen molar-refractivity contribution in [3.63, 3.8) is 0 Å². The van der Waals surface area contributed by atoms with Crippen LogP contribution in [0.25, 0.3) is 0 Å². The van der Waals surface area contributed by atoms with Gasteiger partial charge in [-0.25, -0.2) is 17.7 Å². The first-order valence-corrected chi connectivity index (χ1v) is 9.53. The van der Waals surface area contributed by atoms with Gasteiger partial charge < -0.3 is 4.90 Å². The van der Waals surface area contributed by atoms with Gasteiger partial charge in [-0.2, -0.15) is 5.26 Å². The Kier molecular flexibility index (Phi) is 4.30. The molecule has 2 aliphatic rings. The minimum atomic E-state index is -3.12. The summed E-state index contributed by atoms with van der Waals surface area (Å²) in [6.07, 6.45) is 3.13. The molecule has 0 bridgehead atoms. The standard InChI is InChI=1S/C16H22N4O2S/c1-12-3-4-13(11-17)16(18-12)20-9-7-14(8-10-20)19(2)23(21,22)15-5-6-15/h3-4,14-15H,5-10H2,1-2H3. The van der Waals surface area contributed by atoms with Gasteiger partial charge >= 0.3 is 0 Å². The smallest absolute Gasteiger partial charge is 0.216 e. The van der Waals surface area contributed by atoms with Crippen molar-refractivity contribution < 1.29 is 8.42 Å². The van der Waals surface area contributed by atoms with Gasteiger partial charge in [0.05, 0.1) is 10.8 Å². The third kappa shape index (κ3) is 3.19. The van der Waals surface area contributed by atoms with Crippen LogP contribution in [0.2, 0.25) is 0 Å². The lowest BCUT2D eigenvalue weighted by Gasteiger charge is -2.37. The summed E-state index contributed by atoms with van der Waals surface area (Å²) in [6, 6.07) is 5.88. The topological polar surface area (TPSA) is 77.3 Å². The molecule has 0 N–H and O–H groups in total. The van der Waals surface area contributed by atoms with Gasteiger partial charge in [-0.05, 0) is 44.7 Å². The molecule has 0 aromatic carbocycles. The van der Waals surface area contributed by atoms with E-state index in [0.29, 0.717) is 5.56 Å². The molecule has 0 amide bonds. The van der Waals surface area contributed by atoms with Crippen molar-refractivity contribution in [1.82, 2.24) is 9.29 Å². The van der Waals surface area contributed by atoms with Gasteiger partial charge in [0, 0.05) is 31.9 Å². The van der Waals surface area contributed by atoms with Crippen LogP contribution in [0.4, 0.5) is 5.82 Å².